The standard InChI is InChI=1S/C13H28O4/c1-12(2,6-9-15-5)16-10-7-13(3,4)17-11-8-14/h14H,6-11H2,1-5H3. The Kier molecular flexibility index (Phi) is 7.96. The summed E-state index contributed by atoms with van der Waals surface area (Å²) >= 11 is 0. The van der Waals surface area contributed by atoms with Gasteiger partial charge in [-0.3, -0.25) is 0 Å². The topological polar surface area (TPSA) is 47.9 Å². The Morgan fingerprint density at radius 2 is 1.29 bits per heavy atom. The van der Waals surface area contributed by atoms with Gasteiger partial charge in [0.1, 0.15) is 0 Å². The molecular weight excluding hydrogens is 220 g/mol. The molecule has 4 heteroatoms. The molecule has 0 aromatic heterocycles. The van der Waals surface area contributed by atoms with Crippen LogP contribution >= 0.6 is 0 Å². The van der Waals surface area contributed by atoms with Crippen LogP contribution in [0.1, 0.15) is 40.5 Å². The normalized spacial score (nSPS) is 13.1. The first-order chi connectivity index (χ1) is 7.83. The molecule has 0 aromatic rings. The van der Waals surface area contributed by atoms with Crippen LogP contribution in [0.15, 0.2) is 0 Å². The van der Waals surface area contributed by atoms with Gasteiger partial charge in [0, 0.05) is 13.7 Å². The van der Waals surface area contributed by atoms with Crippen molar-refractivity contribution in [2.75, 3.05) is 33.5 Å². The van der Waals surface area contributed by atoms with Gasteiger partial charge in [0.15, 0.2) is 0 Å². The van der Waals surface area contributed by atoms with Gasteiger partial charge in [0.2, 0.25) is 0 Å². The molecule has 17 heavy (non-hydrogen) atoms. The lowest BCUT2D eigenvalue weighted by Crippen LogP contribution is -2.32. The van der Waals surface area contributed by atoms with Crippen LogP contribution < -0.4 is 0 Å². The summed E-state index contributed by atoms with van der Waals surface area (Å²) in [5.41, 5.74) is -0.414. The average molecular weight is 248 g/mol. The predicted molar refractivity (Wildman–Crippen MR) is 68.3 cm³/mol. The molecule has 0 aliphatic heterocycles. The fourth-order valence-electron chi connectivity index (χ4n) is 1.39. The fourth-order valence-corrected chi connectivity index (χ4v) is 1.39. The second-order valence-corrected chi connectivity index (χ2v) is 5.43. The van der Waals surface area contributed by atoms with Crippen molar-refractivity contribution in [1.82, 2.24) is 0 Å². The van der Waals surface area contributed by atoms with Gasteiger partial charge in [-0.2, -0.15) is 0 Å². The molecule has 0 fully saturated rings. The number of hydrogen-bond donors (Lipinski definition) is 1. The van der Waals surface area contributed by atoms with Crippen LogP contribution in [0.4, 0.5) is 0 Å². The molecule has 0 aliphatic rings. The molecule has 0 saturated heterocycles. The van der Waals surface area contributed by atoms with Gasteiger partial charge in [0.05, 0.1) is 31.0 Å². The average Bonchev–Trinajstić information content (AvgIpc) is 2.23. The monoisotopic (exact) mass is 248 g/mol. The summed E-state index contributed by atoms with van der Waals surface area (Å²) in [7, 11) is 1.70. The quantitative estimate of drug-likeness (QED) is 0.642. The summed E-state index contributed by atoms with van der Waals surface area (Å²) in [6.07, 6.45) is 1.69. The van der Waals surface area contributed by atoms with E-state index >= 15 is 0 Å². The number of methoxy groups -OCH3 is 1. The second-order valence-electron chi connectivity index (χ2n) is 5.43. The third-order valence-corrected chi connectivity index (χ3v) is 2.69. The molecule has 0 spiro atoms. The first-order valence-electron chi connectivity index (χ1n) is 6.21. The van der Waals surface area contributed by atoms with E-state index in [-0.39, 0.29) is 17.8 Å². The summed E-state index contributed by atoms with van der Waals surface area (Å²) in [4.78, 5) is 0. The van der Waals surface area contributed by atoms with Crippen LogP contribution in [0.5, 0.6) is 0 Å². The number of rotatable bonds is 10. The van der Waals surface area contributed by atoms with Gasteiger partial charge < -0.3 is 19.3 Å². The lowest BCUT2D eigenvalue weighted by Gasteiger charge is -2.29. The third-order valence-electron chi connectivity index (χ3n) is 2.69. The van der Waals surface area contributed by atoms with E-state index in [2.05, 4.69) is 13.8 Å². The molecule has 0 saturated carbocycles. The van der Waals surface area contributed by atoms with Gasteiger partial charge in [-0.05, 0) is 40.5 Å². The highest BCUT2D eigenvalue weighted by Crippen LogP contribution is 2.19. The first-order valence-corrected chi connectivity index (χ1v) is 6.21. The Morgan fingerprint density at radius 3 is 1.76 bits per heavy atom. The molecule has 4 nitrogen and oxygen atoms in total. The molecule has 0 aromatic carbocycles. The van der Waals surface area contributed by atoms with E-state index in [1.54, 1.807) is 7.11 Å². The summed E-state index contributed by atoms with van der Waals surface area (Å²) < 4.78 is 16.4. The van der Waals surface area contributed by atoms with E-state index in [0.717, 1.165) is 12.8 Å². The SMILES string of the molecule is COCCC(C)(C)OCCC(C)(C)OCCO. The molecule has 0 amide bonds. The van der Waals surface area contributed by atoms with Crippen LogP contribution in [0, 0.1) is 0 Å². The van der Waals surface area contributed by atoms with E-state index in [0.29, 0.717) is 19.8 Å². The van der Waals surface area contributed by atoms with Crippen molar-refractivity contribution in [3.8, 4) is 0 Å². The minimum absolute atomic E-state index is 0.0591. The van der Waals surface area contributed by atoms with Crippen LogP contribution in [0.25, 0.3) is 0 Å². The minimum atomic E-state index is -0.250. The van der Waals surface area contributed by atoms with Crippen molar-refractivity contribution in [2.24, 2.45) is 0 Å². The summed E-state index contributed by atoms with van der Waals surface area (Å²) in [6.45, 7) is 9.93. The van der Waals surface area contributed by atoms with Crippen LogP contribution in [0.2, 0.25) is 0 Å². The third kappa shape index (κ3) is 9.53. The van der Waals surface area contributed by atoms with Gasteiger partial charge in [-0.1, -0.05) is 0 Å². The zero-order chi connectivity index (χ0) is 13.4. The van der Waals surface area contributed by atoms with Gasteiger partial charge >= 0.3 is 0 Å². The lowest BCUT2D eigenvalue weighted by atomic mass is 10.0. The molecule has 0 aliphatic carbocycles. The molecule has 0 bridgehead atoms. The maximum Gasteiger partial charge on any atom is 0.0705 e. The molecule has 0 rings (SSSR count). The Morgan fingerprint density at radius 1 is 0.824 bits per heavy atom. The largest absolute Gasteiger partial charge is 0.394 e. The van der Waals surface area contributed by atoms with Crippen LogP contribution in [-0.4, -0.2) is 49.8 Å². The Balaban J connectivity index is 3.80. The first kappa shape index (κ1) is 16.8. The van der Waals surface area contributed by atoms with Gasteiger partial charge in [-0.15, -0.1) is 0 Å². The summed E-state index contributed by atoms with van der Waals surface area (Å²) in [5, 5.41) is 8.71. The molecule has 0 heterocycles. The lowest BCUT2D eigenvalue weighted by molar-refractivity contribution is -0.0838. The van der Waals surface area contributed by atoms with Crippen molar-refractivity contribution >= 4 is 0 Å². The maximum absolute atomic E-state index is 8.71. The second kappa shape index (κ2) is 8.03. The van der Waals surface area contributed by atoms with Crippen molar-refractivity contribution < 1.29 is 19.3 Å². The van der Waals surface area contributed by atoms with Gasteiger partial charge in [0.25, 0.3) is 0 Å². The number of aliphatic hydroxyl groups is 1. The van der Waals surface area contributed by atoms with Crippen LogP contribution in [0.3, 0.4) is 0 Å². The van der Waals surface area contributed by atoms with Crippen molar-refractivity contribution in [1.29, 1.82) is 0 Å². The van der Waals surface area contributed by atoms with E-state index < -0.39 is 0 Å². The smallest absolute Gasteiger partial charge is 0.0705 e. The van der Waals surface area contributed by atoms with E-state index in [1.165, 1.54) is 0 Å². The van der Waals surface area contributed by atoms with E-state index in [1.807, 2.05) is 13.8 Å². The van der Waals surface area contributed by atoms with Gasteiger partial charge in [-0.25, -0.2) is 0 Å². The zero-order valence-corrected chi connectivity index (χ0v) is 11.9. The highest BCUT2D eigenvalue weighted by Gasteiger charge is 2.22. The van der Waals surface area contributed by atoms with E-state index in [4.69, 9.17) is 19.3 Å². The highest BCUT2D eigenvalue weighted by atomic mass is 16.5. The Bertz CT molecular complexity index is 170. The Hall–Kier alpha value is -0.160. The van der Waals surface area contributed by atoms with Crippen LogP contribution in [-0.2, 0) is 14.2 Å². The molecular formula is C13H28O4. The van der Waals surface area contributed by atoms with Crippen molar-refractivity contribution in [2.45, 2.75) is 51.7 Å². The number of aliphatic hydroxyl groups excluding tert-OH is 1. The maximum atomic E-state index is 8.71. The highest BCUT2D eigenvalue weighted by molar-refractivity contribution is 4.72. The Labute approximate surface area is 105 Å². The van der Waals surface area contributed by atoms with E-state index in [9.17, 15) is 0 Å². The zero-order valence-electron chi connectivity index (χ0n) is 11.9. The summed E-state index contributed by atoms with van der Waals surface area (Å²) in [5.74, 6) is 0. The molecule has 0 atom stereocenters. The predicted octanol–water partition coefficient (Wildman–Crippen LogP) is 2.00. The molecule has 1 N–H and O–H groups in total. The minimum Gasteiger partial charge on any atom is -0.394 e. The van der Waals surface area contributed by atoms with Crippen molar-refractivity contribution in [3.05, 3.63) is 0 Å². The fraction of sp³-hybridized carbons (Fsp3) is 1.00. The number of hydrogen-bond acceptors (Lipinski definition) is 4. The molecule has 0 unspecified atom stereocenters. The number of ether oxygens (including phenoxy) is 3. The van der Waals surface area contributed by atoms with Crippen molar-refractivity contribution in [3.63, 3.8) is 0 Å². The molecule has 104 valence electrons. The summed E-state index contributed by atoms with van der Waals surface area (Å²) in [6, 6.07) is 0. The molecule has 0 radical (unpaired) electrons.